The summed E-state index contributed by atoms with van der Waals surface area (Å²) < 4.78 is 0. The van der Waals surface area contributed by atoms with Crippen molar-refractivity contribution < 1.29 is 4.79 Å². The van der Waals surface area contributed by atoms with Crippen LogP contribution in [0, 0.1) is 0 Å². The zero-order valence-corrected chi connectivity index (χ0v) is 6.71. The standard InChI is InChI=1S/C6H12NOP/c1-4(9)6(8)7-5-2-3-5/h4-5H,2-3,9H2,1H3,(H,7,8). The lowest BCUT2D eigenvalue weighted by atomic mass is 10.4. The Bertz CT molecular complexity index is 120. The highest BCUT2D eigenvalue weighted by atomic mass is 31.0. The summed E-state index contributed by atoms with van der Waals surface area (Å²) in [5.41, 5.74) is 0.0607. The molecule has 9 heavy (non-hydrogen) atoms. The van der Waals surface area contributed by atoms with Gasteiger partial charge in [0.2, 0.25) is 5.91 Å². The number of hydrogen-bond donors (Lipinski definition) is 1. The van der Waals surface area contributed by atoms with Crippen LogP contribution in [0.2, 0.25) is 0 Å². The van der Waals surface area contributed by atoms with Gasteiger partial charge in [-0.15, -0.1) is 9.24 Å². The monoisotopic (exact) mass is 145 g/mol. The van der Waals surface area contributed by atoms with Crippen molar-refractivity contribution in [1.29, 1.82) is 0 Å². The highest BCUT2D eigenvalue weighted by Crippen LogP contribution is 2.19. The lowest BCUT2D eigenvalue weighted by Crippen LogP contribution is -2.30. The maximum Gasteiger partial charge on any atom is 0.226 e. The molecule has 1 fully saturated rings. The molecule has 0 radical (unpaired) electrons. The van der Waals surface area contributed by atoms with Gasteiger partial charge in [-0.2, -0.15) is 0 Å². The maximum absolute atomic E-state index is 10.9. The maximum atomic E-state index is 10.9. The Kier molecular flexibility index (Phi) is 2.07. The molecular weight excluding hydrogens is 133 g/mol. The first-order valence-electron chi connectivity index (χ1n) is 3.26. The summed E-state index contributed by atoms with van der Waals surface area (Å²) in [6.45, 7) is 1.88. The zero-order chi connectivity index (χ0) is 6.85. The average molecular weight is 145 g/mol. The van der Waals surface area contributed by atoms with Gasteiger partial charge in [-0.25, -0.2) is 0 Å². The lowest BCUT2D eigenvalue weighted by molar-refractivity contribution is -0.120. The molecule has 2 atom stereocenters. The number of rotatable bonds is 2. The second-order valence-electron chi connectivity index (χ2n) is 2.57. The van der Waals surface area contributed by atoms with E-state index in [2.05, 4.69) is 14.6 Å². The van der Waals surface area contributed by atoms with Crippen LogP contribution in [0.4, 0.5) is 0 Å². The van der Waals surface area contributed by atoms with Gasteiger partial charge in [-0.3, -0.25) is 4.79 Å². The highest BCUT2D eigenvalue weighted by molar-refractivity contribution is 7.19. The molecule has 0 bridgehead atoms. The van der Waals surface area contributed by atoms with Gasteiger partial charge in [0, 0.05) is 11.7 Å². The van der Waals surface area contributed by atoms with Crippen LogP contribution in [0.15, 0.2) is 0 Å². The van der Waals surface area contributed by atoms with Gasteiger partial charge in [-0.05, 0) is 12.8 Å². The van der Waals surface area contributed by atoms with E-state index in [0.29, 0.717) is 6.04 Å². The minimum absolute atomic E-state index is 0.0607. The number of carbonyl (C=O) groups is 1. The smallest absolute Gasteiger partial charge is 0.226 e. The Balaban J connectivity index is 2.17. The fraction of sp³-hybridized carbons (Fsp3) is 0.833. The Labute approximate surface area is 57.6 Å². The summed E-state index contributed by atoms with van der Waals surface area (Å²) in [5, 5.41) is 2.89. The first-order valence-corrected chi connectivity index (χ1v) is 3.93. The highest BCUT2D eigenvalue weighted by Gasteiger charge is 2.23. The topological polar surface area (TPSA) is 29.1 Å². The van der Waals surface area contributed by atoms with Crippen molar-refractivity contribution in [3.05, 3.63) is 0 Å². The summed E-state index contributed by atoms with van der Waals surface area (Å²) in [5.74, 6) is 0.155. The van der Waals surface area contributed by atoms with Crippen LogP contribution < -0.4 is 5.32 Å². The molecule has 52 valence electrons. The largest absolute Gasteiger partial charge is 0.353 e. The molecule has 0 aromatic carbocycles. The van der Waals surface area contributed by atoms with Gasteiger partial charge in [0.1, 0.15) is 0 Å². The number of amides is 1. The summed E-state index contributed by atoms with van der Waals surface area (Å²) in [6.07, 6.45) is 2.34. The van der Waals surface area contributed by atoms with Crippen molar-refractivity contribution in [2.24, 2.45) is 0 Å². The van der Waals surface area contributed by atoms with Crippen LogP contribution in [0.1, 0.15) is 19.8 Å². The molecule has 0 aliphatic heterocycles. The van der Waals surface area contributed by atoms with Gasteiger partial charge in [0.25, 0.3) is 0 Å². The molecule has 0 aromatic heterocycles. The van der Waals surface area contributed by atoms with Crippen LogP contribution in [-0.4, -0.2) is 17.6 Å². The predicted molar refractivity (Wildman–Crippen MR) is 40.3 cm³/mol. The van der Waals surface area contributed by atoms with E-state index in [-0.39, 0.29) is 11.6 Å². The van der Waals surface area contributed by atoms with Crippen LogP contribution in [0.25, 0.3) is 0 Å². The summed E-state index contributed by atoms with van der Waals surface area (Å²) in [6, 6.07) is 0.500. The first-order chi connectivity index (χ1) is 4.20. The number of carbonyl (C=O) groups excluding carboxylic acids is 1. The molecule has 0 aromatic rings. The Hall–Kier alpha value is -0.100. The van der Waals surface area contributed by atoms with E-state index in [9.17, 15) is 4.79 Å². The third-order valence-corrected chi connectivity index (χ3v) is 1.64. The van der Waals surface area contributed by atoms with Crippen molar-refractivity contribution in [2.75, 3.05) is 0 Å². The van der Waals surface area contributed by atoms with Crippen LogP contribution in [0.3, 0.4) is 0 Å². The molecule has 1 rings (SSSR count). The predicted octanol–water partition coefficient (Wildman–Crippen LogP) is 0.529. The molecule has 2 nitrogen and oxygen atoms in total. The van der Waals surface area contributed by atoms with Gasteiger partial charge < -0.3 is 5.32 Å². The van der Waals surface area contributed by atoms with Gasteiger partial charge in [0.15, 0.2) is 0 Å². The summed E-state index contributed by atoms with van der Waals surface area (Å²) in [4.78, 5) is 10.9. The van der Waals surface area contributed by atoms with Crippen molar-refractivity contribution in [3.63, 3.8) is 0 Å². The quantitative estimate of drug-likeness (QED) is 0.564. The van der Waals surface area contributed by atoms with E-state index in [1.54, 1.807) is 0 Å². The normalized spacial score (nSPS) is 21.1. The molecule has 0 heterocycles. The molecule has 1 N–H and O–H groups in total. The lowest BCUT2D eigenvalue weighted by Gasteiger charge is -2.03. The molecule has 3 heteroatoms. The van der Waals surface area contributed by atoms with E-state index in [0.717, 1.165) is 0 Å². The van der Waals surface area contributed by atoms with Gasteiger partial charge in [-0.1, -0.05) is 6.92 Å². The molecular formula is C6H12NOP. The Morgan fingerprint density at radius 1 is 1.78 bits per heavy atom. The molecule has 0 saturated heterocycles. The van der Waals surface area contributed by atoms with E-state index < -0.39 is 0 Å². The third-order valence-electron chi connectivity index (χ3n) is 1.34. The summed E-state index contributed by atoms with van der Waals surface area (Å²) >= 11 is 0. The minimum atomic E-state index is 0.0607. The summed E-state index contributed by atoms with van der Waals surface area (Å²) in [7, 11) is 2.48. The molecule has 1 aliphatic carbocycles. The van der Waals surface area contributed by atoms with Crippen LogP contribution in [0.5, 0.6) is 0 Å². The van der Waals surface area contributed by atoms with Gasteiger partial charge >= 0.3 is 0 Å². The fourth-order valence-electron chi connectivity index (χ4n) is 0.560. The molecule has 1 amide bonds. The molecule has 2 unspecified atom stereocenters. The number of nitrogens with one attached hydrogen (secondary N) is 1. The molecule has 1 aliphatic rings. The molecule has 1 saturated carbocycles. The second kappa shape index (κ2) is 2.66. The van der Waals surface area contributed by atoms with Crippen molar-refractivity contribution in [1.82, 2.24) is 5.32 Å². The van der Waals surface area contributed by atoms with Crippen LogP contribution in [-0.2, 0) is 4.79 Å². The first kappa shape index (κ1) is 7.01. The van der Waals surface area contributed by atoms with Gasteiger partial charge in [0.05, 0.1) is 0 Å². The molecule has 0 spiro atoms. The zero-order valence-electron chi connectivity index (χ0n) is 5.55. The van der Waals surface area contributed by atoms with Crippen molar-refractivity contribution >= 4 is 15.1 Å². The van der Waals surface area contributed by atoms with E-state index in [1.807, 2.05) is 6.92 Å². The SMILES string of the molecule is CC(P)C(=O)NC1CC1. The minimum Gasteiger partial charge on any atom is -0.353 e. The van der Waals surface area contributed by atoms with Crippen molar-refractivity contribution in [2.45, 2.75) is 31.5 Å². The average Bonchev–Trinajstić information content (AvgIpc) is 2.50. The van der Waals surface area contributed by atoms with Crippen LogP contribution >= 0.6 is 9.24 Å². The third kappa shape index (κ3) is 2.31. The second-order valence-corrected chi connectivity index (χ2v) is 3.57. The Morgan fingerprint density at radius 2 is 2.33 bits per heavy atom. The number of hydrogen-bond acceptors (Lipinski definition) is 1. The Morgan fingerprint density at radius 3 is 2.67 bits per heavy atom. The fourth-order valence-corrected chi connectivity index (χ4v) is 0.657. The van der Waals surface area contributed by atoms with E-state index >= 15 is 0 Å². The van der Waals surface area contributed by atoms with Crippen molar-refractivity contribution in [3.8, 4) is 0 Å². The van der Waals surface area contributed by atoms with E-state index in [1.165, 1.54) is 12.8 Å². The van der Waals surface area contributed by atoms with E-state index in [4.69, 9.17) is 0 Å².